The number of aromatic amines is 1. The Bertz CT molecular complexity index is 1150. The summed E-state index contributed by atoms with van der Waals surface area (Å²) in [4.78, 5) is 24.8. The van der Waals surface area contributed by atoms with Crippen molar-refractivity contribution in [2.45, 2.75) is 0 Å². The molecular formula is C22H18N4O3. The van der Waals surface area contributed by atoms with E-state index in [1.54, 1.807) is 36.5 Å². The third kappa shape index (κ3) is 4.24. The molecule has 0 saturated carbocycles. The number of nitrogens with zero attached hydrogens (tertiary/aromatic N) is 1. The van der Waals surface area contributed by atoms with E-state index in [9.17, 15) is 9.59 Å². The lowest BCUT2D eigenvalue weighted by molar-refractivity contribution is -0.115. The third-order valence-electron chi connectivity index (χ3n) is 4.26. The fourth-order valence-electron chi connectivity index (χ4n) is 2.88. The molecule has 0 saturated heterocycles. The highest BCUT2D eigenvalue weighted by Gasteiger charge is 2.13. The minimum atomic E-state index is -0.362. The fraction of sp³-hybridized carbons (Fsp3) is 0.0455. The van der Waals surface area contributed by atoms with Crippen LogP contribution in [0.15, 0.2) is 79.0 Å². The van der Waals surface area contributed by atoms with Crippen LogP contribution in [0.25, 0.3) is 10.9 Å². The van der Waals surface area contributed by atoms with Gasteiger partial charge in [-0.3, -0.25) is 14.7 Å². The molecular weight excluding hydrogens is 368 g/mol. The van der Waals surface area contributed by atoms with Crippen molar-refractivity contribution >= 4 is 28.4 Å². The smallest absolute Gasteiger partial charge is 0.253 e. The van der Waals surface area contributed by atoms with E-state index in [1.165, 1.54) is 0 Å². The Labute approximate surface area is 166 Å². The molecule has 0 bridgehead atoms. The van der Waals surface area contributed by atoms with E-state index >= 15 is 0 Å². The Kier molecular flexibility index (Phi) is 5.20. The number of nitrogens with one attached hydrogen (secondary N) is 3. The van der Waals surface area contributed by atoms with Gasteiger partial charge in [0.05, 0.1) is 29.5 Å². The molecule has 29 heavy (non-hydrogen) atoms. The predicted octanol–water partition coefficient (Wildman–Crippen LogP) is 3.72. The molecule has 144 valence electrons. The van der Waals surface area contributed by atoms with Crippen LogP contribution in [0.5, 0.6) is 11.5 Å². The summed E-state index contributed by atoms with van der Waals surface area (Å²) < 4.78 is 5.83. The number of ether oxygens (including phenoxy) is 1. The Morgan fingerprint density at radius 1 is 0.931 bits per heavy atom. The van der Waals surface area contributed by atoms with Crippen LogP contribution in [-0.4, -0.2) is 28.6 Å². The van der Waals surface area contributed by atoms with E-state index in [1.807, 2.05) is 42.5 Å². The summed E-state index contributed by atoms with van der Waals surface area (Å²) in [6.45, 7) is -0.178. The van der Waals surface area contributed by atoms with Gasteiger partial charge in [0.1, 0.15) is 5.75 Å². The van der Waals surface area contributed by atoms with Crippen LogP contribution in [0.1, 0.15) is 10.4 Å². The fourth-order valence-corrected chi connectivity index (χ4v) is 2.88. The highest BCUT2D eigenvalue weighted by molar-refractivity contribution is 6.07. The molecule has 3 aromatic carbocycles. The summed E-state index contributed by atoms with van der Waals surface area (Å²) in [5.41, 5.74) is 1.58. The van der Waals surface area contributed by atoms with Gasteiger partial charge in [0, 0.05) is 5.39 Å². The molecule has 2 amide bonds. The van der Waals surface area contributed by atoms with Crippen LogP contribution in [0.2, 0.25) is 0 Å². The van der Waals surface area contributed by atoms with Gasteiger partial charge in [0.25, 0.3) is 5.91 Å². The third-order valence-corrected chi connectivity index (χ3v) is 4.26. The van der Waals surface area contributed by atoms with Gasteiger partial charge in [-0.15, -0.1) is 0 Å². The maximum atomic E-state index is 12.5. The highest BCUT2D eigenvalue weighted by Crippen LogP contribution is 2.28. The molecule has 1 aromatic heterocycles. The predicted molar refractivity (Wildman–Crippen MR) is 110 cm³/mol. The number of anilines is 1. The van der Waals surface area contributed by atoms with Crippen LogP contribution < -0.4 is 15.4 Å². The molecule has 0 unspecified atom stereocenters. The zero-order chi connectivity index (χ0) is 20.1. The van der Waals surface area contributed by atoms with Gasteiger partial charge in [-0.25, -0.2) is 0 Å². The number of hydrogen-bond donors (Lipinski definition) is 3. The number of fused-ring (bicyclic) bond motifs is 1. The number of hydrogen-bond acceptors (Lipinski definition) is 4. The van der Waals surface area contributed by atoms with Crippen molar-refractivity contribution in [1.82, 2.24) is 15.5 Å². The van der Waals surface area contributed by atoms with E-state index in [2.05, 4.69) is 20.8 Å². The van der Waals surface area contributed by atoms with Crippen molar-refractivity contribution in [3.8, 4) is 11.5 Å². The monoisotopic (exact) mass is 386 g/mol. The van der Waals surface area contributed by atoms with Crippen LogP contribution in [0.4, 0.5) is 5.69 Å². The van der Waals surface area contributed by atoms with Gasteiger partial charge >= 0.3 is 0 Å². The van der Waals surface area contributed by atoms with Gasteiger partial charge in [0.2, 0.25) is 5.91 Å². The largest absolute Gasteiger partial charge is 0.455 e. The first-order chi connectivity index (χ1) is 14.2. The Balaban J connectivity index is 1.40. The van der Waals surface area contributed by atoms with Crippen molar-refractivity contribution in [2.75, 3.05) is 11.9 Å². The lowest BCUT2D eigenvalue weighted by Gasteiger charge is -2.12. The first kappa shape index (κ1) is 18.2. The number of rotatable bonds is 6. The van der Waals surface area contributed by atoms with Gasteiger partial charge in [-0.1, -0.05) is 42.5 Å². The van der Waals surface area contributed by atoms with E-state index in [0.29, 0.717) is 28.3 Å². The Morgan fingerprint density at radius 2 is 1.72 bits per heavy atom. The Hall–Kier alpha value is -4.13. The molecule has 7 nitrogen and oxygen atoms in total. The summed E-state index contributed by atoms with van der Waals surface area (Å²) >= 11 is 0. The number of amides is 2. The first-order valence-corrected chi connectivity index (χ1v) is 9.03. The molecule has 0 aliphatic carbocycles. The molecule has 0 spiro atoms. The van der Waals surface area contributed by atoms with Gasteiger partial charge < -0.3 is 15.4 Å². The van der Waals surface area contributed by atoms with E-state index in [0.717, 1.165) is 5.39 Å². The Morgan fingerprint density at radius 3 is 2.59 bits per heavy atom. The second kappa shape index (κ2) is 8.26. The molecule has 3 N–H and O–H groups in total. The number of H-pyrrole nitrogens is 1. The molecule has 0 radical (unpaired) electrons. The number of benzene rings is 3. The molecule has 0 aliphatic rings. The quantitative estimate of drug-likeness (QED) is 0.470. The lowest BCUT2D eigenvalue weighted by atomic mass is 10.1. The number of carbonyl (C=O) groups is 2. The number of carbonyl (C=O) groups excluding carboxylic acids is 2. The minimum absolute atomic E-state index is 0.178. The molecule has 7 heteroatoms. The summed E-state index contributed by atoms with van der Waals surface area (Å²) in [5, 5.41) is 13.0. The molecule has 0 fully saturated rings. The maximum Gasteiger partial charge on any atom is 0.253 e. The maximum absolute atomic E-state index is 12.5. The van der Waals surface area contributed by atoms with Gasteiger partial charge in [0.15, 0.2) is 5.75 Å². The summed E-state index contributed by atoms with van der Waals surface area (Å²) in [7, 11) is 0. The second-order valence-electron chi connectivity index (χ2n) is 6.28. The topological polar surface area (TPSA) is 96.1 Å². The number of para-hydroxylation sites is 4. The number of aromatic nitrogens is 2. The van der Waals surface area contributed by atoms with Crippen LogP contribution in [-0.2, 0) is 4.79 Å². The standard InChI is InChI=1S/C22H18N4O3/c27-20(14-23-22(28)17-10-6-7-15-13-24-26-21(15)17)25-18-11-4-5-12-19(18)29-16-8-2-1-3-9-16/h1-13H,14H2,(H,23,28)(H,24,26)(H,25,27). The van der Waals surface area contributed by atoms with Gasteiger partial charge in [-0.2, -0.15) is 5.10 Å². The minimum Gasteiger partial charge on any atom is -0.455 e. The molecule has 0 atom stereocenters. The SMILES string of the molecule is O=C(CNC(=O)c1cccc2cn[nH]c12)Nc1ccccc1Oc1ccccc1. The summed E-state index contributed by atoms with van der Waals surface area (Å²) in [6, 6.07) is 21.7. The van der Waals surface area contributed by atoms with Crippen molar-refractivity contribution in [3.05, 3.63) is 84.6 Å². The molecule has 0 aliphatic heterocycles. The zero-order valence-electron chi connectivity index (χ0n) is 15.4. The molecule has 1 heterocycles. The van der Waals surface area contributed by atoms with E-state index in [4.69, 9.17) is 4.74 Å². The average Bonchev–Trinajstić information content (AvgIpc) is 3.23. The first-order valence-electron chi connectivity index (χ1n) is 9.03. The molecule has 4 aromatic rings. The summed E-state index contributed by atoms with van der Waals surface area (Å²) in [6.07, 6.45) is 1.64. The summed E-state index contributed by atoms with van der Waals surface area (Å²) in [5.74, 6) is 0.457. The lowest BCUT2D eigenvalue weighted by Crippen LogP contribution is -2.33. The van der Waals surface area contributed by atoms with E-state index in [-0.39, 0.29) is 18.4 Å². The highest BCUT2D eigenvalue weighted by atomic mass is 16.5. The molecule has 4 rings (SSSR count). The van der Waals surface area contributed by atoms with Crippen LogP contribution in [0.3, 0.4) is 0 Å². The van der Waals surface area contributed by atoms with E-state index < -0.39 is 0 Å². The average molecular weight is 386 g/mol. The van der Waals surface area contributed by atoms with Crippen LogP contribution in [0, 0.1) is 0 Å². The zero-order valence-corrected chi connectivity index (χ0v) is 15.4. The van der Waals surface area contributed by atoms with Crippen LogP contribution >= 0.6 is 0 Å². The van der Waals surface area contributed by atoms with Crippen molar-refractivity contribution < 1.29 is 14.3 Å². The van der Waals surface area contributed by atoms with Gasteiger partial charge in [-0.05, 0) is 30.3 Å². The second-order valence-corrected chi connectivity index (χ2v) is 6.28. The normalized spacial score (nSPS) is 10.5. The van der Waals surface area contributed by atoms with Crippen molar-refractivity contribution in [1.29, 1.82) is 0 Å². The van der Waals surface area contributed by atoms with Crippen molar-refractivity contribution in [2.24, 2.45) is 0 Å². The van der Waals surface area contributed by atoms with Crippen molar-refractivity contribution in [3.63, 3.8) is 0 Å².